The number of carbonyl (C=O) groups excluding carboxylic acids is 1. The maximum Gasteiger partial charge on any atom is 0.255 e. The van der Waals surface area contributed by atoms with Gasteiger partial charge in [-0.1, -0.05) is 94.8 Å². The first-order chi connectivity index (χ1) is 18.2. The molecule has 0 radical (unpaired) electrons. The number of nitrogens with zero attached hydrogens (tertiary/aromatic N) is 2. The van der Waals surface area contributed by atoms with Crippen LogP contribution in [-0.4, -0.2) is 15.5 Å². The van der Waals surface area contributed by atoms with Gasteiger partial charge in [-0.15, -0.1) is 0 Å². The topological polar surface area (TPSA) is 46.9 Å². The van der Waals surface area contributed by atoms with Crippen molar-refractivity contribution in [3.63, 3.8) is 0 Å². The maximum absolute atomic E-state index is 13.0. The molecular weight excluding hydrogens is 522 g/mol. The molecule has 0 atom stereocenters. The Morgan fingerprint density at radius 2 is 1.43 bits per heavy atom. The second-order valence-electron chi connectivity index (χ2n) is 8.69. The number of benzene rings is 5. The van der Waals surface area contributed by atoms with E-state index in [0.29, 0.717) is 5.56 Å². The number of hydrogen-bond donors (Lipinski definition) is 1. The molecule has 0 aliphatic rings. The number of anilines is 1. The van der Waals surface area contributed by atoms with Gasteiger partial charge in [-0.3, -0.25) is 9.36 Å². The molecule has 0 aliphatic heterocycles. The lowest BCUT2D eigenvalue weighted by atomic mass is 10.0. The summed E-state index contributed by atoms with van der Waals surface area (Å²) in [5, 5.41) is 3.08. The van der Waals surface area contributed by atoms with E-state index in [1.807, 2.05) is 78.9 Å². The van der Waals surface area contributed by atoms with Crippen molar-refractivity contribution in [2.75, 3.05) is 5.32 Å². The summed E-state index contributed by atoms with van der Waals surface area (Å²) in [5.74, 6) is 0.727. The third-order valence-electron chi connectivity index (χ3n) is 6.27. The van der Waals surface area contributed by atoms with Gasteiger partial charge in [0.25, 0.3) is 5.91 Å². The fraction of sp³-hybridized carbons (Fsp3) is 0. The summed E-state index contributed by atoms with van der Waals surface area (Å²) < 4.78 is 3.05. The molecule has 6 aromatic rings. The third kappa shape index (κ3) is 4.57. The number of halogens is 1. The van der Waals surface area contributed by atoms with Crippen LogP contribution in [-0.2, 0) is 0 Å². The summed E-state index contributed by atoms with van der Waals surface area (Å²) in [4.78, 5) is 18.0. The Balaban J connectivity index is 1.45. The molecule has 0 bridgehead atoms. The van der Waals surface area contributed by atoms with Gasteiger partial charge in [0, 0.05) is 32.5 Å². The molecule has 178 valence electrons. The predicted molar refractivity (Wildman–Crippen MR) is 154 cm³/mol. The van der Waals surface area contributed by atoms with E-state index in [1.54, 1.807) is 6.07 Å². The summed E-state index contributed by atoms with van der Waals surface area (Å²) >= 11 is 3.44. The number of imidazole rings is 1. The van der Waals surface area contributed by atoms with E-state index < -0.39 is 0 Å². The lowest BCUT2D eigenvalue weighted by Gasteiger charge is -2.12. The first-order valence-electron chi connectivity index (χ1n) is 12.0. The molecule has 5 aromatic carbocycles. The Morgan fingerprint density at radius 3 is 2.22 bits per heavy atom. The first kappa shape index (κ1) is 23.0. The van der Waals surface area contributed by atoms with Crippen molar-refractivity contribution in [2.45, 2.75) is 0 Å². The fourth-order valence-electron chi connectivity index (χ4n) is 4.54. The molecule has 4 nitrogen and oxygen atoms in total. The molecule has 0 saturated heterocycles. The van der Waals surface area contributed by atoms with Crippen molar-refractivity contribution in [1.82, 2.24) is 9.55 Å². The van der Waals surface area contributed by atoms with Crippen LogP contribution in [0.25, 0.3) is 39.2 Å². The summed E-state index contributed by atoms with van der Waals surface area (Å²) in [6.07, 6.45) is 0. The van der Waals surface area contributed by atoms with Crippen LogP contribution >= 0.6 is 15.9 Å². The van der Waals surface area contributed by atoms with Crippen LogP contribution in [0.5, 0.6) is 0 Å². The first-order valence-corrected chi connectivity index (χ1v) is 12.8. The van der Waals surface area contributed by atoms with Crippen molar-refractivity contribution < 1.29 is 4.79 Å². The maximum atomic E-state index is 13.0. The van der Waals surface area contributed by atoms with Crippen LogP contribution in [0.4, 0.5) is 5.69 Å². The Hall–Kier alpha value is -4.48. The molecule has 1 aromatic heterocycles. The fourth-order valence-corrected chi connectivity index (χ4v) is 4.93. The van der Waals surface area contributed by atoms with Gasteiger partial charge in [-0.2, -0.15) is 0 Å². The summed E-state index contributed by atoms with van der Waals surface area (Å²) in [7, 11) is 0. The minimum atomic E-state index is -0.158. The molecule has 5 heteroatoms. The van der Waals surface area contributed by atoms with Gasteiger partial charge in [0.2, 0.25) is 0 Å². The number of fused-ring (bicyclic) bond motifs is 1. The molecular formula is C32H22BrN3O. The largest absolute Gasteiger partial charge is 0.321 e. The molecule has 0 aliphatic carbocycles. The highest BCUT2D eigenvalue weighted by atomic mass is 79.9. The van der Waals surface area contributed by atoms with Crippen LogP contribution in [0, 0.1) is 0 Å². The second kappa shape index (κ2) is 9.88. The molecule has 0 spiro atoms. The second-order valence-corrected chi connectivity index (χ2v) is 9.60. The Kier molecular flexibility index (Phi) is 6.13. The lowest BCUT2D eigenvalue weighted by Crippen LogP contribution is -2.12. The summed E-state index contributed by atoms with van der Waals surface area (Å²) in [6.45, 7) is 0. The number of rotatable bonds is 5. The zero-order chi connectivity index (χ0) is 25.2. The van der Waals surface area contributed by atoms with Crippen molar-refractivity contribution in [2.24, 2.45) is 0 Å². The molecule has 0 saturated carbocycles. The summed E-state index contributed by atoms with van der Waals surface area (Å²) in [5.41, 5.74) is 7.26. The van der Waals surface area contributed by atoms with Crippen molar-refractivity contribution in [1.29, 1.82) is 0 Å². The van der Waals surface area contributed by atoms with Crippen molar-refractivity contribution >= 4 is 38.6 Å². The van der Waals surface area contributed by atoms with E-state index in [0.717, 1.165) is 49.4 Å². The number of carbonyl (C=O) groups is 1. The smallest absolute Gasteiger partial charge is 0.255 e. The van der Waals surface area contributed by atoms with E-state index in [9.17, 15) is 4.79 Å². The zero-order valence-corrected chi connectivity index (χ0v) is 21.4. The average molecular weight is 544 g/mol. The van der Waals surface area contributed by atoms with E-state index in [-0.39, 0.29) is 5.91 Å². The third-order valence-corrected chi connectivity index (χ3v) is 6.77. The van der Waals surface area contributed by atoms with Gasteiger partial charge in [0.05, 0.1) is 11.0 Å². The Morgan fingerprint density at radius 1 is 0.703 bits per heavy atom. The molecule has 0 unspecified atom stereocenters. The van der Waals surface area contributed by atoms with Crippen molar-refractivity contribution in [3.8, 4) is 28.2 Å². The normalized spacial score (nSPS) is 10.9. The Labute approximate surface area is 223 Å². The number of nitrogens with one attached hydrogen (secondary N) is 1. The highest BCUT2D eigenvalue weighted by molar-refractivity contribution is 9.10. The van der Waals surface area contributed by atoms with Gasteiger partial charge in [-0.05, 0) is 54.1 Å². The van der Waals surface area contributed by atoms with E-state index in [4.69, 9.17) is 4.98 Å². The molecule has 1 N–H and O–H groups in total. The number of amides is 1. The molecule has 37 heavy (non-hydrogen) atoms. The quantitative estimate of drug-likeness (QED) is 0.237. The van der Waals surface area contributed by atoms with Gasteiger partial charge in [0.15, 0.2) is 0 Å². The predicted octanol–water partition coefficient (Wildman–Crippen LogP) is 8.37. The lowest BCUT2D eigenvalue weighted by molar-refractivity contribution is 0.102. The number of para-hydroxylation sites is 2. The monoisotopic (exact) mass is 543 g/mol. The minimum Gasteiger partial charge on any atom is -0.321 e. The highest BCUT2D eigenvalue weighted by Gasteiger charge is 2.16. The van der Waals surface area contributed by atoms with Gasteiger partial charge < -0.3 is 5.32 Å². The van der Waals surface area contributed by atoms with Crippen LogP contribution in [0.1, 0.15) is 10.4 Å². The number of hydrogen-bond acceptors (Lipinski definition) is 2. The standard InChI is InChI=1S/C32H22BrN3O/c33-25-13-9-12-24(20-25)32(37)35-28-17-8-7-16-27(28)23-18-19-30-29(21-23)34-31(22-10-3-1-4-11-22)36(30)26-14-5-2-6-15-26/h1-21H,(H,35,37). The Bertz CT molecular complexity index is 1730. The van der Waals surface area contributed by atoms with Gasteiger partial charge in [0.1, 0.15) is 5.82 Å². The summed E-state index contributed by atoms with van der Waals surface area (Å²) in [6, 6.07) is 42.0. The molecule has 1 heterocycles. The zero-order valence-electron chi connectivity index (χ0n) is 19.8. The molecule has 6 rings (SSSR count). The number of aromatic nitrogens is 2. The van der Waals surface area contributed by atoms with Crippen LogP contribution < -0.4 is 5.32 Å². The highest BCUT2D eigenvalue weighted by Crippen LogP contribution is 2.34. The van der Waals surface area contributed by atoms with E-state index in [1.165, 1.54) is 0 Å². The van der Waals surface area contributed by atoms with E-state index in [2.05, 4.69) is 68.3 Å². The van der Waals surface area contributed by atoms with E-state index >= 15 is 0 Å². The van der Waals surface area contributed by atoms with Gasteiger partial charge in [-0.25, -0.2) is 4.98 Å². The minimum absolute atomic E-state index is 0.158. The molecule has 0 fully saturated rings. The SMILES string of the molecule is O=C(Nc1ccccc1-c1ccc2c(c1)nc(-c1ccccc1)n2-c1ccccc1)c1cccc(Br)c1. The van der Waals surface area contributed by atoms with Crippen LogP contribution in [0.2, 0.25) is 0 Å². The van der Waals surface area contributed by atoms with Crippen LogP contribution in [0.3, 0.4) is 0 Å². The molecule has 1 amide bonds. The van der Waals surface area contributed by atoms with Gasteiger partial charge >= 0.3 is 0 Å². The average Bonchev–Trinajstić information content (AvgIpc) is 3.33. The van der Waals surface area contributed by atoms with Crippen LogP contribution in [0.15, 0.2) is 132 Å². The van der Waals surface area contributed by atoms with Crippen molar-refractivity contribution in [3.05, 3.63) is 137 Å².